The number of nitrogens with one attached hydrogen (secondary N) is 1. The lowest BCUT2D eigenvalue weighted by atomic mass is 10.2. The van der Waals surface area contributed by atoms with Gasteiger partial charge in [-0.2, -0.15) is 0 Å². The fourth-order valence-corrected chi connectivity index (χ4v) is 1.50. The number of nitrogens with two attached hydrogens (primary N) is 2. The van der Waals surface area contributed by atoms with Crippen molar-refractivity contribution in [3.8, 4) is 0 Å². The number of rotatable bonds is 5. The summed E-state index contributed by atoms with van der Waals surface area (Å²) in [6, 6.07) is 6.63. The van der Waals surface area contributed by atoms with Crippen molar-refractivity contribution in [2.45, 2.75) is 19.0 Å². The maximum atomic E-state index is 11.5. The van der Waals surface area contributed by atoms with Crippen molar-refractivity contribution >= 4 is 40.2 Å². The normalized spacial score (nSPS) is 11.2. The largest absolute Gasteiger partial charge is 0.370 e. The van der Waals surface area contributed by atoms with E-state index >= 15 is 0 Å². The molecule has 1 aromatic carbocycles. The summed E-state index contributed by atoms with van der Waals surface area (Å²) < 4.78 is 0.970. The van der Waals surface area contributed by atoms with Gasteiger partial charge in [-0.1, -0.05) is 28.1 Å². The molecule has 2 amide bonds. The zero-order valence-corrected chi connectivity index (χ0v) is 12.0. The van der Waals surface area contributed by atoms with E-state index in [2.05, 4.69) is 21.2 Å². The molecule has 1 atom stereocenters. The highest BCUT2D eigenvalue weighted by Gasteiger charge is 2.15. The van der Waals surface area contributed by atoms with Crippen molar-refractivity contribution < 1.29 is 9.59 Å². The number of amides is 2. The van der Waals surface area contributed by atoms with E-state index in [9.17, 15) is 9.59 Å². The van der Waals surface area contributed by atoms with Gasteiger partial charge in [-0.25, -0.2) is 0 Å². The van der Waals surface area contributed by atoms with Crippen molar-refractivity contribution in [2.24, 2.45) is 11.5 Å². The summed E-state index contributed by atoms with van der Waals surface area (Å²) in [6.45, 7) is 0.374. The van der Waals surface area contributed by atoms with Crippen LogP contribution < -0.4 is 16.8 Å². The van der Waals surface area contributed by atoms with Crippen LogP contribution in [0.2, 0.25) is 0 Å². The summed E-state index contributed by atoms with van der Waals surface area (Å²) >= 11 is 3.32. The van der Waals surface area contributed by atoms with Crippen molar-refractivity contribution in [3.05, 3.63) is 34.3 Å². The molecule has 0 aromatic heterocycles. The lowest BCUT2D eigenvalue weighted by Crippen LogP contribution is -2.42. The van der Waals surface area contributed by atoms with Crippen LogP contribution in [-0.2, 0) is 16.1 Å². The van der Waals surface area contributed by atoms with Gasteiger partial charge in [-0.3, -0.25) is 9.59 Å². The standard InChI is InChI=1S/C11H14BrN3O2.ClH/c12-8-3-1-7(2-4-8)6-15-11(17)9(13)5-10(14)16;/h1-4,9H,5-6,13H2,(H2,14,16)(H,15,17);1H. The molecule has 0 aliphatic heterocycles. The minimum absolute atomic E-state index is 0. The molecule has 18 heavy (non-hydrogen) atoms. The average molecular weight is 337 g/mol. The molecule has 1 rings (SSSR count). The SMILES string of the molecule is Cl.NC(=O)CC(N)C(=O)NCc1ccc(Br)cc1. The van der Waals surface area contributed by atoms with Gasteiger partial charge in [0.2, 0.25) is 11.8 Å². The summed E-state index contributed by atoms with van der Waals surface area (Å²) in [7, 11) is 0. The van der Waals surface area contributed by atoms with Crippen LogP contribution in [0.3, 0.4) is 0 Å². The molecule has 0 saturated carbocycles. The molecule has 0 fully saturated rings. The Morgan fingerprint density at radius 3 is 2.33 bits per heavy atom. The van der Waals surface area contributed by atoms with Gasteiger partial charge in [0, 0.05) is 11.0 Å². The lowest BCUT2D eigenvalue weighted by molar-refractivity contribution is -0.126. The van der Waals surface area contributed by atoms with Crippen LogP contribution in [0.1, 0.15) is 12.0 Å². The topological polar surface area (TPSA) is 98.2 Å². The minimum Gasteiger partial charge on any atom is -0.370 e. The Kier molecular flexibility index (Phi) is 7.58. The molecule has 0 radical (unpaired) electrons. The second-order valence-electron chi connectivity index (χ2n) is 3.62. The van der Waals surface area contributed by atoms with E-state index in [-0.39, 0.29) is 24.7 Å². The van der Waals surface area contributed by atoms with Crippen LogP contribution in [0.15, 0.2) is 28.7 Å². The summed E-state index contributed by atoms with van der Waals surface area (Å²) in [6.07, 6.45) is -0.147. The number of halogens is 2. The van der Waals surface area contributed by atoms with E-state index in [4.69, 9.17) is 11.5 Å². The smallest absolute Gasteiger partial charge is 0.237 e. The van der Waals surface area contributed by atoms with Crippen LogP contribution >= 0.6 is 28.3 Å². The van der Waals surface area contributed by atoms with E-state index in [0.717, 1.165) is 10.0 Å². The first kappa shape index (κ1) is 16.9. The van der Waals surface area contributed by atoms with Gasteiger partial charge < -0.3 is 16.8 Å². The molecule has 0 aliphatic carbocycles. The van der Waals surface area contributed by atoms with Gasteiger partial charge >= 0.3 is 0 Å². The Morgan fingerprint density at radius 1 is 1.28 bits per heavy atom. The molecule has 0 spiro atoms. The highest BCUT2D eigenvalue weighted by atomic mass is 79.9. The Hall–Kier alpha value is -1.11. The zero-order chi connectivity index (χ0) is 12.8. The van der Waals surface area contributed by atoms with Gasteiger partial charge in [0.05, 0.1) is 12.5 Å². The molecule has 0 heterocycles. The summed E-state index contributed by atoms with van der Waals surface area (Å²) in [5, 5.41) is 2.64. The summed E-state index contributed by atoms with van der Waals surface area (Å²) in [5.41, 5.74) is 11.4. The third-order valence-electron chi connectivity index (χ3n) is 2.14. The molecular formula is C11H15BrClN3O2. The molecule has 5 N–H and O–H groups in total. The predicted octanol–water partition coefficient (Wildman–Crippen LogP) is 0.690. The van der Waals surface area contributed by atoms with Crippen molar-refractivity contribution in [1.82, 2.24) is 5.32 Å². The Labute approximate surface area is 120 Å². The molecule has 5 nitrogen and oxygen atoms in total. The second kappa shape index (κ2) is 8.07. The first-order chi connectivity index (χ1) is 7.99. The minimum atomic E-state index is -0.886. The van der Waals surface area contributed by atoms with E-state index in [1.54, 1.807) is 0 Å². The molecule has 7 heteroatoms. The lowest BCUT2D eigenvalue weighted by Gasteiger charge is -2.10. The number of carbonyl (C=O) groups is 2. The zero-order valence-electron chi connectivity index (χ0n) is 9.56. The van der Waals surface area contributed by atoms with E-state index < -0.39 is 11.9 Å². The number of hydrogen-bond donors (Lipinski definition) is 3. The highest BCUT2D eigenvalue weighted by molar-refractivity contribution is 9.10. The molecule has 0 saturated heterocycles. The number of hydrogen-bond acceptors (Lipinski definition) is 3. The first-order valence-corrected chi connectivity index (χ1v) is 5.84. The maximum absolute atomic E-state index is 11.5. The van der Waals surface area contributed by atoms with Gasteiger partial charge in [0.1, 0.15) is 0 Å². The summed E-state index contributed by atoms with van der Waals surface area (Å²) in [4.78, 5) is 22.0. The van der Waals surface area contributed by atoms with Crippen molar-refractivity contribution in [3.63, 3.8) is 0 Å². The number of carbonyl (C=O) groups excluding carboxylic acids is 2. The molecule has 0 bridgehead atoms. The van der Waals surface area contributed by atoms with Gasteiger partial charge in [0.15, 0.2) is 0 Å². The fourth-order valence-electron chi connectivity index (χ4n) is 1.23. The number of primary amides is 1. The Morgan fingerprint density at radius 2 is 1.83 bits per heavy atom. The van der Waals surface area contributed by atoms with Crippen LogP contribution in [0.4, 0.5) is 0 Å². The van der Waals surface area contributed by atoms with Crippen LogP contribution in [0.25, 0.3) is 0 Å². The molecule has 100 valence electrons. The quantitative estimate of drug-likeness (QED) is 0.738. The fraction of sp³-hybridized carbons (Fsp3) is 0.273. The van der Waals surface area contributed by atoms with Gasteiger partial charge in [-0.05, 0) is 17.7 Å². The van der Waals surface area contributed by atoms with Crippen molar-refractivity contribution in [2.75, 3.05) is 0 Å². The van der Waals surface area contributed by atoms with Crippen LogP contribution in [-0.4, -0.2) is 17.9 Å². The third-order valence-corrected chi connectivity index (χ3v) is 2.67. The molecule has 1 aromatic rings. The highest BCUT2D eigenvalue weighted by Crippen LogP contribution is 2.10. The van der Waals surface area contributed by atoms with E-state index in [1.165, 1.54) is 0 Å². The van der Waals surface area contributed by atoms with Crippen LogP contribution in [0, 0.1) is 0 Å². The monoisotopic (exact) mass is 335 g/mol. The third kappa shape index (κ3) is 6.00. The predicted molar refractivity (Wildman–Crippen MR) is 75.0 cm³/mol. The average Bonchev–Trinajstić information content (AvgIpc) is 2.27. The summed E-state index contributed by atoms with van der Waals surface area (Å²) in [5.74, 6) is -0.969. The Bertz CT molecular complexity index is 411. The second-order valence-corrected chi connectivity index (χ2v) is 4.54. The number of benzene rings is 1. The first-order valence-electron chi connectivity index (χ1n) is 5.05. The van der Waals surface area contributed by atoms with E-state index in [0.29, 0.717) is 6.54 Å². The molecule has 0 aliphatic rings. The Balaban J connectivity index is 0.00000289. The van der Waals surface area contributed by atoms with Gasteiger partial charge in [-0.15, -0.1) is 12.4 Å². The maximum Gasteiger partial charge on any atom is 0.237 e. The van der Waals surface area contributed by atoms with Gasteiger partial charge in [0.25, 0.3) is 0 Å². The van der Waals surface area contributed by atoms with E-state index in [1.807, 2.05) is 24.3 Å². The molecular weight excluding hydrogens is 321 g/mol. The molecule has 1 unspecified atom stereocenters. The van der Waals surface area contributed by atoms with Crippen molar-refractivity contribution in [1.29, 1.82) is 0 Å². The van der Waals surface area contributed by atoms with Crippen LogP contribution in [0.5, 0.6) is 0 Å².